The van der Waals surface area contributed by atoms with Crippen LogP contribution in [0.3, 0.4) is 0 Å². The van der Waals surface area contributed by atoms with Gasteiger partial charge < -0.3 is 20.1 Å². The van der Waals surface area contributed by atoms with Crippen molar-refractivity contribution in [3.05, 3.63) is 35.4 Å². The first kappa shape index (κ1) is 17.1. The second-order valence-electron chi connectivity index (χ2n) is 5.08. The molecule has 0 aliphatic rings. The molecule has 0 fully saturated rings. The zero-order valence-electron chi connectivity index (χ0n) is 12.6. The molecule has 1 rings (SSSR count). The van der Waals surface area contributed by atoms with Crippen LogP contribution in [-0.2, 0) is 16.1 Å². The molecule has 0 saturated heterocycles. The van der Waals surface area contributed by atoms with Crippen molar-refractivity contribution < 1.29 is 19.4 Å². The Hall–Kier alpha value is -1.92. The highest BCUT2D eigenvalue weighted by atomic mass is 16.5. The van der Waals surface area contributed by atoms with Gasteiger partial charge >= 0.3 is 5.97 Å². The number of methoxy groups -OCH3 is 1. The summed E-state index contributed by atoms with van der Waals surface area (Å²) >= 11 is 0. The Bertz CT molecular complexity index is 471. The Morgan fingerprint density at radius 3 is 2.38 bits per heavy atom. The molecule has 0 radical (unpaired) electrons. The number of carbonyl (C=O) groups excluding carboxylic acids is 1. The van der Waals surface area contributed by atoms with Crippen molar-refractivity contribution >= 4 is 11.9 Å². The van der Waals surface area contributed by atoms with Gasteiger partial charge in [0.2, 0.25) is 0 Å². The van der Waals surface area contributed by atoms with Gasteiger partial charge in [-0.15, -0.1) is 0 Å². The maximum absolute atomic E-state index is 12.0. The van der Waals surface area contributed by atoms with E-state index in [1.807, 2.05) is 31.1 Å². The van der Waals surface area contributed by atoms with Crippen LogP contribution < -0.4 is 5.32 Å². The summed E-state index contributed by atoms with van der Waals surface area (Å²) in [4.78, 5) is 25.1. The van der Waals surface area contributed by atoms with Gasteiger partial charge in [0.15, 0.2) is 0 Å². The third-order valence-electron chi connectivity index (χ3n) is 2.93. The number of carboxylic acids is 1. The van der Waals surface area contributed by atoms with E-state index in [9.17, 15) is 9.59 Å². The molecule has 1 unspecified atom stereocenters. The van der Waals surface area contributed by atoms with Crippen molar-refractivity contribution in [3.63, 3.8) is 0 Å². The summed E-state index contributed by atoms with van der Waals surface area (Å²) in [6, 6.07) is 6.17. The minimum Gasteiger partial charge on any atom is -0.480 e. The Morgan fingerprint density at radius 1 is 1.29 bits per heavy atom. The fourth-order valence-corrected chi connectivity index (χ4v) is 1.86. The van der Waals surface area contributed by atoms with E-state index >= 15 is 0 Å². The quantitative estimate of drug-likeness (QED) is 0.747. The zero-order chi connectivity index (χ0) is 15.8. The van der Waals surface area contributed by atoms with Crippen LogP contribution in [0.15, 0.2) is 24.3 Å². The van der Waals surface area contributed by atoms with Crippen molar-refractivity contribution in [3.8, 4) is 0 Å². The predicted octanol–water partition coefficient (Wildman–Crippen LogP) is 0.968. The van der Waals surface area contributed by atoms with E-state index in [-0.39, 0.29) is 13.0 Å². The molecule has 2 N–H and O–H groups in total. The second-order valence-corrected chi connectivity index (χ2v) is 5.08. The molecule has 1 atom stereocenters. The zero-order valence-corrected chi connectivity index (χ0v) is 12.6. The molecule has 116 valence electrons. The first-order chi connectivity index (χ1) is 9.93. The molecule has 0 aromatic heterocycles. The van der Waals surface area contributed by atoms with Gasteiger partial charge in [0.25, 0.3) is 5.91 Å². The van der Waals surface area contributed by atoms with Crippen LogP contribution in [0.5, 0.6) is 0 Å². The maximum Gasteiger partial charge on any atom is 0.326 e. The monoisotopic (exact) mass is 294 g/mol. The van der Waals surface area contributed by atoms with Crippen molar-refractivity contribution in [2.24, 2.45) is 0 Å². The molecule has 6 heteroatoms. The van der Waals surface area contributed by atoms with Crippen LogP contribution in [-0.4, -0.2) is 55.7 Å². The number of amides is 1. The second kappa shape index (κ2) is 8.39. The minimum absolute atomic E-state index is 0.232. The average Bonchev–Trinajstić information content (AvgIpc) is 2.43. The van der Waals surface area contributed by atoms with Crippen molar-refractivity contribution in [1.82, 2.24) is 10.2 Å². The Labute approximate surface area is 124 Å². The minimum atomic E-state index is -1.07. The number of benzene rings is 1. The van der Waals surface area contributed by atoms with E-state index in [0.717, 1.165) is 12.1 Å². The number of nitrogens with one attached hydrogen (secondary N) is 1. The SMILES string of the molecule is COCCC(NC(=O)c1ccc(CN(C)C)cc1)C(=O)O. The van der Waals surface area contributed by atoms with Crippen LogP contribution in [0, 0.1) is 0 Å². The normalized spacial score (nSPS) is 12.2. The van der Waals surface area contributed by atoms with Gasteiger partial charge in [-0.1, -0.05) is 12.1 Å². The molecule has 1 aromatic rings. The molecule has 0 bridgehead atoms. The number of aliphatic carboxylic acids is 1. The molecule has 21 heavy (non-hydrogen) atoms. The molecule has 0 saturated carbocycles. The van der Waals surface area contributed by atoms with E-state index in [0.29, 0.717) is 5.56 Å². The Balaban J connectivity index is 2.67. The molecular weight excluding hydrogens is 272 g/mol. The third kappa shape index (κ3) is 5.93. The summed E-state index contributed by atoms with van der Waals surface area (Å²) in [5, 5.41) is 11.6. The third-order valence-corrected chi connectivity index (χ3v) is 2.93. The molecule has 0 spiro atoms. The summed E-state index contributed by atoms with van der Waals surface area (Å²) in [6.07, 6.45) is 0.232. The molecule has 0 heterocycles. The Morgan fingerprint density at radius 2 is 1.90 bits per heavy atom. The van der Waals surface area contributed by atoms with Gasteiger partial charge in [-0.25, -0.2) is 4.79 Å². The van der Waals surface area contributed by atoms with Gasteiger partial charge in [0.1, 0.15) is 6.04 Å². The number of carboxylic acid groups (broad SMARTS) is 1. The smallest absolute Gasteiger partial charge is 0.326 e. The number of nitrogens with zero attached hydrogens (tertiary/aromatic N) is 1. The van der Waals surface area contributed by atoms with Crippen molar-refractivity contribution in [2.75, 3.05) is 27.8 Å². The lowest BCUT2D eigenvalue weighted by Crippen LogP contribution is -2.41. The molecule has 1 amide bonds. The first-order valence-corrected chi connectivity index (χ1v) is 6.70. The van der Waals surface area contributed by atoms with E-state index in [1.54, 1.807) is 12.1 Å². The summed E-state index contributed by atoms with van der Waals surface area (Å²) < 4.78 is 4.84. The van der Waals surface area contributed by atoms with Crippen LogP contribution >= 0.6 is 0 Å². The number of hydrogen-bond acceptors (Lipinski definition) is 4. The van der Waals surface area contributed by atoms with E-state index in [1.165, 1.54) is 7.11 Å². The molecule has 1 aromatic carbocycles. The van der Waals surface area contributed by atoms with Crippen LogP contribution in [0.4, 0.5) is 0 Å². The van der Waals surface area contributed by atoms with Gasteiger partial charge in [-0.3, -0.25) is 4.79 Å². The maximum atomic E-state index is 12.0. The van der Waals surface area contributed by atoms with Gasteiger partial charge in [-0.05, 0) is 31.8 Å². The lowest BCUT2D eigenvalue weighted by Gasteiger charge is -2.14. The molecule has 6 nitrogen and oxygen atoms in total. The van der Waals surface area contributed by atoms with E-state index < -0.39 is 17.9 Å². The highest BCUT2D eigenvalue weighted by molar-refractivity contribution is 5.96. The molecule has 0 aliphatic heterocycles. The summed E-state index contributed by atoms with van der Waals surface area (Å²) in [6.45, 7) is 1.06. The lowest BCUT2D eigenvalue weighted by atomic mass is 10.1. The fourth-order valence-electron chi connectivity index (χ4n) is 1.86. The topological polar surface area (TPSA) is 78.9 Å². The standard InChI is InChI=1S/C15H22N2O4/c1-17(2)10-11-4-6-12(7-5-11)14(18)16-13(15(19)20)8-9-21-3/h4-7,13H,8-10H2,1-3H3,(H,16,18)(H,19,20). The number of ether oxygens (including phenoxy) is 1. The number of carbonyl (C=O) groups is 2. The van der Waals surface area contributed by atoms with E-state index in [2.05, 4.69) is 5.32 Å². The van der Waals surface area contributed by atoms with Gasteiger partial charge in [-0.2, -0.15) is 0 Å². The molecular formula is C15H22N2O4. The van der Waals surface area contributed by atoms with E-state index in [4.69, 9.17) is 9.84 Å². The van der Waals surface area contributed by atoms with Crippen LogP contribution in [0.2, 0.25) is 0 Å². The predicted molar refractivity (Wildman–Crippen MR) is 79.2 cm³/mol. The fraction of sp³-hybridized carbons (Fsp3) is 0.467. The summed E-state index contributed by atoms with van der Waals surface area (Å²) in [5.41, 5.74) is 1.53. The Kier molecular flexibility index (Phi) is 6.84. The van der Waals surface area contributed by atoms with Crippen LogP contribution in [0.25, 0.3) is 0 Å². The summed E-state index contributed by atoms with van der Waals surface area (Å²) in [7, 11) is 5.42. The summed E-state index contributed by atoms with van der Waals surface area (Å²) in [5.74, 6) is -1.46. The van der Waals surface area contributed by atoms with Crippen molar-refractivity contribution in [2.45, 2.75) is 19.0 Å². The highest BCUT2D eigenvalue weighted by Crippen LogP contribution is 2.07. The molecule has 0 aliphatic carbocycles. The first-order valence-electron chi connectivity index (χ1n) is 6.70. The largest absolute Gasteiger partial charge is 0.480 e. The van der Waals surface area contributed by atoms with Gasteiger partial charge in [0, 0.05) is 32.2 Å². The number of rotatable bonds is 8. The van der Waals surface area contributed by atoms with Crippen molar-refractivity contribution in [1.29, 1.82) is 0 Å². The highest BCUT2D eigenvalue weighted by Gasteiger charge is 2.20. The van der Waals surface area contributed by atoms with Gasteiger partial charge in [0.05, 0.1) is 0 Å². The lowest BCUT2D eigenvalue weighted by molar-refractivity contribution is -0.139. The van der Waals surface area contributed by atoms with Crippen LogP contribution in [0.1, 0.15) is 22.3 Å². The number of hydrogen-bond donors (Lipinski definition) is 2. The average molecular weight is 294 g/mol.